The predicted octanol–water partition coefficient (Wildman–Crippen LogP) is 6.24. The standard InChI is InChI=1S/C22H31ClOSi/c1-6-22(20-9-7-18(15-23)8-10-20)24-16-17(2)19-11-13-21(14-12-19)25(3,4)5/h7-14,17,22H,6,15-16H2,1-5H3. The van der Waals surface area contributed by atoms with Crippen LogP contribution in [0.3, 0.4) is 0 Å². The Morgan fingerprint density at radius 2 is 1.48 bits per heavy atom. The number of halogens is 1. The molecular weight excluding hydrogens is 344 g/mol. The number of ether oxygens (including phenoxy) is 1. The molecule has 0 bridgehead atoms. The van der Waals surface area contributed by atoms with Gasteiger partial charge in [-0.05, 0) is 23.1 Å². The fourth-order valence-corrected chi connectivity index (χ4v) is 4.28. The molecule has 2 aromatic rings. The lowest BCUT2D eigenvalue weighted by atomic mass is 10.0. The van der Waals surface area contributed by atoms with Gasteiger partial charge in [0.05, 0.1) is 20.8 Å². The van der Waals surface area contributed by atoms with Gasteiger partial charge < -0.3 is 4.74 Å². The molecule has 2 aromatic carbocycles. The van der Waals surface area contributed by atoms with Crippen molar-refractivity contribution in [3.8, 4) is 0 Å². The average Bonchev–Trinajstić information content (AvgIpc) is 2.62. The number of rotatable bonds is 8. The maximum atomic E-state index is 6.24. The molecule has 0 amide bonds. The first-order valence-corrected chi connectivity index (χ1v) is 13.3. The predicted molar refractivity (Wildman–Crippen MR) is 113 cm³/mol. The van der Waals surface area contributed by atoms with E-state index in [1.165, 1.54) is 16.3 Å². The van der Waals surface area contributed by atoms with E-state index in [0.29, 0.717) is 11.8 Å². The quantitative estimate of drug-likeness (QED) is 0.392. The summed E-state index contributed by atoms with van der Waals surface area (Å²) in [5, 5.41) is 1.51. The van der Waals surface area contributed by atoms with Crippen LogP contribution in [0.1, 0.15) is 49.0 Å². The van der Waals surface area contributed by atoms with Gasteiger partial charge in [0.2, 0.25) is 0 Å². The number of alkyl halides is 1. The molecule has 2 rings (SSSR count). The van der Waals surface area contributed by atoms with Gasteiger partial charge in [-0.25, -0.2) is 0 Å². The van der Waals surface area contributed by atoms with Crippen LogP contribution in [-0.2, 0) is 10.6 Å². The van der Waals surface area contributed by atoms with Crippen LogP contribution < -0.4 is 5.19 Å². The van der Waals surface area contributed by atoms with Crippen LogP contribution >= 0.6 is 11.6 Å². The summed E-state index contributed by atoms with van der Waals surface area (Å²) in [4.78, 5) is 0. The van der Waals surface area contributed by atoms with Crippen LogP contribution in [0.25, 0.3) is 0 Å². The molecule has 0 aliphatic rings. The molecule has 0 radical (unpaired) electrons. The van der Waals surface area contributed by atoms with E-state index in [2.05, 4.69) is 82.0 Å². The topological polar surface area (TPSA) is 9.23 Å². The van der Waals surface area contributed by atoms with E-state index in [-0.39, 0.29) is 6.10 Å². The van der Waals surface area contributed by atoms with Gasteiger partial charge in [-0.15, -0.1) is 11.6 Å². The third-order valence-corrected chi connectivity index (χ3v) is 7.14. The Morgan fingerprint density at radius 3 is 1.96 bits per heavy atom. The van der Waals surface area contributed by atoms with Crippen molar-refractivity contribution < 1.29 is 4.74 Å². The molecule has 1 nitrogen and oxygen atoms in total. The van der Waals surface area contributed by atoms with Crippen LogP contribution in [0, 0.1) is 0 Å². The van der Waals surface area contributed by atoms with E-state index < -0.39 is 8.07 Å². The van der Waals surface area contributed by atoms with Crippen molar-refractivity contribution in [3.63, 3.8) is 0 Å². The second-order valence-electron chi connectivity index (χ2n) is 7.88. The van der Waals surface area contributed by atoms with Gasteiger partial charge in [0.15, 0.2) is 0 Å². The van der Waals surface area contributed by atoms with Crippen LogP contribution in [-0.4, -0.2) is 14.7 Å². The fraction of sp³-hybridized carbons (Fsp3) is 0.455. The van der Waals surface area contributed by atoms with Gasteiger partial charge in [0.1, 0.15) is 0 Å². The first kappa shape index (κ1) is 20.2. The largest absolute Gasteiger partial charge is 0.373 e. The van der Waals surface area contributed by atoms with E-state index >= 15 is 0 Å². The highest BCUT2D eigenvalue weighted by Gasteiger charge is 2.17. The van der Waals surface area contributed by atoms with Crippen LogP contribution in [0.4, 0.5) is 0 Å². The van der Waals surface area contributed by atoms with Gasteiger partial charge in [-0.3, -0.25) is 0 Å². The SMILES string of the molecule is CCC(OCC(C)c1ccc([Si](C)(C)C)cc1)c1ccc(CCl)cc1. The third-order valence-electron chi connectivity index (χ3n) is 4.77. The summed E-state index contributed by atoms with van der Waals surface area (Å²) in [7, 11) is -1.23. The molecule has 3 heteroatoms. The Labute approximate surface area is 159 Å². The molecule has 0 aromatic heterocycles. The number of hydrogen-bond acceptors (Lipinski definition) is 1. The first-order valence-electron chi connectivity index (χ1n) is 9.22. The molecule has 0 aliphatic heterocycles. The van der Waals surface area contributed by atoms with Crippen LogP contribution in [0.5, 0.6) is 0 Å². The molecule has 2 atom stereocenters. The lowest BCUT2D eigenvalue weighted by Crippen LogP contribution is -2.37. The summed E-state index contributed by atoms with van der Waals surface area (Å²) in [5.41, 5.74) is 3.74. The molecule has 136 valence electrons. The monoisotopic (exact) mass is 374 g/mol. The van der Waals surface area contributed by atoms with E-state index in [4.69, 9.17) is 16.3 Å². The zero-order valence-corrected chi connectivity index (χ0v) is 17.9. The fourth-order valence-electron chi connectivity index (χ4n) is 2.94. The number of hydrogen-bond donors (Lipinski definition) is 0. The Hall–Kier alpha value is -1.09. The maximum absolute atomic E-state index is 6.24. The molecule has 0 saturated carbocycles. The molecule has 0 spiro atoms. The van der Waals surface area contributed by atoms with Gasteiger partial charge in [0.25, 0.3) is 0 Å². The van der Waals surface area contributed by atoms with Crippen LogP contribution in [0.15, 0.2) is 48.5 Å². The molecule has 0 saturated heterocycles. The van der Waals surface area contributed by atoms with Crippen LogP contribution in [0.2, 0.25) is 19.6 Å². The Balaban J connectivity index is 1.98. The summed E-state index contributed by atoms with van der Waals surface area (Å²) in [6, 6.07) is 17.6. The highest BCUT2D eigenvalue weighted by atomic mass is 35.5. The van der Waals surface area contributed by atoms with Gasteiger partial charge in [-0.2, -0.15) is 0 Å². The van der Waals surface area contributed by atoms with Gasteiger partial charge in [0, 0.05) is 11.8 Å². The average molecular weight is 375 g/mol. The zero-order chi connectivity index (χ0) is 18.4. The highest BCUT2D eigenvalue weighted by molar-refractivity contribution is 6.88. The Kier molecular flexibility index (Phi) is 7.30. The third kappa shape index (κ3) is 5.70. The molecular formula is C22H31ClOSi. The lowest BCUT2D eigenvalue weighted by molar-refractivity contribution is 0.0423. The smallest absolute Gasteiger partial charge is 0.0822 e. The second-order valence-corrected chi connectivity index (χ2v) is 13.2. The Morgan fingerprint density at radius 1 is 0.920 bits per heavy atom. The minimum atomic E-state index is -1.23. The number of benzene rings is 2. The summed E-state index contributed by atoms with van der Waals surface area (Å²) in [6.07, 6.45) is 1.12. The van der Waals surface area contributed by atoms with Crippen molar-refractivity contribution in [1.82, 2.24) is 0 Å². The van der Waals surface area contributed by atoms with E-state index in [0.717, 1.165) is 18.6 Å². The highest BCUT2D eigenvalue weighted by Crippen LogP contribution is 2.25. The van der Waals surface area contributed by atoms with Crippen molar-refractivity contribution in [2.75, 3.05) is 6.61 Å². The summed E-state index contributed by atoms with van der Waals surface area (Å²) < 4.78 is 6.24. The normalized spacial score (nSPS) is 14.3. The zero-order valence-electron chi connectivity index (χ0n) is 16.2. The summed E-state index contributed by atoms with van der Waals surface area (Å²) in [6.45, 7) is 12.3. The maximum Gasteiger partial charge on any atom is 0.0822 e. The summed E-state index contributed by atoms with van der Waals surface area (Å²) >= 11 is 5.87. The minimum absolute atomic E-state index is 0.146. The van der Waals surface area contributed by atoms with Crippen molar-refractivity contribution in [2.45, 2.75) is 57.8 Å². The minimum Gasteiger partial charge on any atom is -0.373 e. The van der Waals surface area contributed by atoms with Crippen molar-refractivity contribution >= 4 is 24.9 Å². The molecule has 0 fully saturated rings. The van der Waals surface area contributed by atoms with Gasteiger partial charge in [-0.1, -0.05) is 87.2 Å². The van der Waals surface area contributed by atoms with Crippen molar-refractivity contribution in [3.05, 3.63) is 65.2 Å². The molecule has 0 aliphatic carbocycles. The second kappa shape index (κ2) is 9.02. The molecule has 25 heavy (non-hydrogen) atoms. The van der Waals surface area contributed by atoms with E-state index in [1.807, 2.05) is 0 Å². The Bertz CT molecular complexity index is 643. The molecule has 0 N–H and O–H groups in total. The van der Waals surface area contributed by atoms with Crippen molar-refractivity contribution in [1.29, 1.82) is 0 Å². The van der Waals surface area contributed by atoms with E-state index in [9.17, 15) is 0 Å². The van der Waals surface area contributed by atoms with Gasteiger partial charge >= 0.3 is 0 Å². The summed E-state index contributed by atoms with van der Waals surface area (Å²) in [5.74, 6) is 0.953. The molecule has 2 unspecified atom stereocenters. The van der Waals surface area contributed by atoms with Crippen molar-refractivity contribution in [2.24, 2.45) is 0 Å². The van der Waals surface area contributed by atoms with E-state index in [1.54, 1.807) is 0 Å². The molecule has 0 heterocycles. The first-order chi connectivity index (χ1) is 11.8. The lowest BCUT2D eigenvalue weighted by Gasteiger charge is -2.21.